The fourth-order valence-electron chi connectivity index (χ4n) is 1.06. The summed E-state index contributed by atoms with van der Waals surface area (Å²) in [7, 11) is 0. The first kappa shape index (κ1) is 6.80. The van der Waals surface area contributed by atoms with Gasteiger partial charge in [-0.05, 0) is 13.0 Å². The zero-order valence-corrected chi connectivity index (χ0v) is 6.52. The lowest BCUT2D eigenvalue weighted by Crippen LogP contribution is -1.90. The van der Waals surface area contributed by atoms with Crippen molar-refractivity contribution in [3.05, 3.63) is 29.7 Å². The first-order valence-corrected chi connectivity index (χ1v) is 3.53. The highest BCUT2D eigenvalue weighted by molar-refractivity contribution is 5.41. The molecule has 0 atom stereocenters. The Morgan fingerprint density at radius 3 is 3.17 bits per heavy atom. The molecule has 0 aromatic carbocycles. The van der Waals surface area contributed by atoms with Gasteiger partial charge in [0.2, 0.25) is 0 Å². The van der Waals surface area contributed by atoms with Crippen molar-refractivity contribution < 1.29 is 0 Å². The van der Waals surface area contributed by atoms with Gasteiger partial charge in [0.15, 0.2) is 5.65 Å². The van der Waals surface area contributed by atoms with Crippen LogP contribution in [0.15, 0.2) is 18.3 Å². The van der Waals surface area contributed by atoms with E-state index >= 15 is 0 Å². The molecule has 0 unspecified atom stereocenters. The molecule has 12 heavy (non-hydrogen) atoms. The van der Waals surface area contributed by atoms with Crippen LogP contribution in [0.1, 0.15) is 11.4 Å². The lowest BCUT2D eigenvalue weighted by molar-refractivity contribution is 0.914. The largest absolute Gasteiger partial charge is 0.222 e. The Hall–Kier alpha value is -1.89. The Kier molecular flexibility index (Phi) is 1.31. The summed E-state index contributed by atoms with van der Waals surface area (Å²) >= 11 is 0. The summed E-state index contributed by atoms with van der Waals surface area (Å²) in [6.07, 6.45) is 1.73. The highest BCUT2D eigenvalue weighted by Gasteiger charge is 1.98. The number of nitriles is 1. The Labute approximate surface area is 69.1 Å². The van der Waals surface area contributed by atoms with E-state index in [1.807, 2.05) is 19.1 Å². The van der Waals surface area contributed by atoms with Gasteiger partial charge in [-0.15, -0.1) is 0 Å². The Balaban J connectivity index is 2.77. The third kappa shape index (κ3) is 0.920. The first-order valence-electron chi connectivity index (χ1n) is 3.53. The highest BCUT2D eigenvalue weighted by Crippen LogP contribution is 2.02. The van der Waals surface area contributed by atoms with Crippen molar-refractivity contribution in [3.63, 3.8) is 0 Å². The van der Waals surface area contributed by atoms with Crippen LogP contribution in [0, 0.1) is 18.3 Å². The number of hydrogen-bond acceptors (Lipinski definition) is 3. The van der Waals surface area contributed by atoms with Crippen LogP contribution in [-0.4, -0.2) is 14.6 Å². The molecule has 2 aromatic rings. The number of aryl methyl sites for hydroxylation is 1. The average molecular weight is 158 g/mol. The van der Waals surface area contributed by atoms with Gasteiger partial charge in [-0.1, -0.05) is 0 Å². The van der Waals surface area contributed by atoms with Gasteiger partial charge in [0, 0.05) is 12.3 Å². The summed E-state index contributed by atoms with van der Waals surface area (Å²) in [5.41, 5.74) is 2.03. The lowest BCUT2D eigenvalue weighted by atomic mass is 10.4. The monoisotopic (exact) mass is 158 g/mol. The molecule has 0 saturated heterocycles. The van der Waals surface area contributed by atoms with Crippen molar-refractivity contribution in [3.8, 4) is 6.07 Å². The molecule has 0 amide bonds. The topological polar surface area (TPSA) is 54.0 Å². The Morgan fingerprint density at radius 2 is 2.42 bits per heavy atom. The summed E-state index contributed by atoms with van der Waals surface area (Å²) in [6, 6.07) is 5.45. The highest BCUT2D eigenvalue weighted by atomic mass is 15.2. The number of rotatable bonds is 0. The van der Waals surface area contributed by atoms with Crippen LogP contribution in [0.5, 0.6) is 0 Å². The zero-order chi connectivity index (χ0) is 8.55. The normalized spacial score (nSPS) is 10.0. The smallest absolute Gasteiger partial charge is 0.156 e. The van der Waals surface area contributed by atoms with Gasteiger partial charge >= 0.3 is 0 Å². The molecule has 0 fully saturated rings. The summed E-state index contributed by atoms with van der Waals surface area (Å²) in [5.74, 6) is 0. The van der Waals surface area contributed by atoms with Gasteiger partial charge in [-0.2, -0.15) is 10.4 Å². The lowest BCUT2D eigenvalue weighted by Gasteiger charge is -1.90. The van der Waals surface area contributed by atoms with E-state index in [0.29, 0.717) is 11.3 Å². The summed E-state index contributed by atoms with van der Waals surface area (Å²) in [6.45, 7) is 1.89. The Bertz CT molecular complexity index is 463. The van der Waals surface area contributed by atoms with Crippen LogP contribution in [-0.2, 0) is 0 Å². The van der Waals surface area contributed by atoms with Crippen molar-refractivity contribution in [1.82, 2.24) is 14.6 Å². The van der Waals surface area contributed by atoms with E-state index in [4.69, 9.17) is 5.26 Å². The van der Waals surface area contributed by atoms with Gasteiger partial charge in [0.1, 0.15) is 11.8 Å². The molecule has 0 aliphatic rings. The van der Waals surface area contributed by atoms with E-state index in [2.05, 4.69) is 10.1 Å². The van der Waals surface area contributed by atoms with Gasteiger partial charge in [0.05, 0.1) is 5.69 Å². The van der Waals surface area contributed by atoms with Gasteiger partial charge in [-0.3, -0.25) is 0 Å². The maximum Gasteiger partial charge on any atom is 0.156 e. The van der Waals surface area contributed by atoms with Crippen LogP contribution < -0.4 is 0 Å². The maximum atomic E-state index is 8.56. The number of hydrogen-bond donors (Lipinski definition) is 0. The summed E-state index contributed by atoms with van der Waals surface area (Å²) in [5, 5.41) is 12.7. The molecule has 58 valence electrons. The molecule has 0 saturated carbocycles. The van der Waals surface area contributed by atoms with Crippen LogP contribution in [0.4, 0.5) is 0 Å². The predicted octanol–water partition coefficient (Wildman–Crippen LogP) is 0.909. The third-order valence-electron chi connectivity index (χ3n) is 1.56. The molecule has 2 heterocycles. The second-order valence-electron chi connectivity index (χ2n) is 2.51. The fraction of sp³-hybridized carbons (Fsp3) is 0.125. The Morgan fingerprint density at radius 1 is 1.58 bits per heavy atom. The molecular weight excluding hydrogens is 152 g/mol. The average Bonchev–Trinajstić information content (AvgIpc) is 2.43. The molecule has 0 bridgehead atoms. The minimum absolute atomic E-state index is 0.419. The quantitative estimate of drug-likeness (QED) is 0.572. The summed E-state index contributed by atoms with van der Waals surface area (Å²) < 4.78 is 1.65. The van der Waals surface area contributed by atoms with Gasteiger partial charge < -0.3 is 0 Å². The van der Waals surface area contributed by atoms with Crippen LogP contribution in [0.3, 0.4) is 0 Å². The fourth-order valence-corrected chi connectivity index (χ4v) is 1.06. The van der Waals surface area contributed by atoms with Crippen LogP contribution >= 0.6 is 0 Å². The number of fused-ring (bicyclic) bond motifs is 1. The van der Waals surface area contributed by atoms with Gasteiger partial charge in [-0.25, -0.2) is 9.50 Å². The van der Waals surface area contributed by atoms with E-state index in [-0.39, 0.29) is 0 Å². The maximum absolute atomic E-state index is 8.56. The van der Waals surface area contributed by atoms with E-state index < -0.39 is 0 Å². The van der Waals surface area contributed by atoms with E-state index in [1.165, 1.54) is 0 Å². The van der Waals surface area contributed by atoms with Crippen molar-refractivity contribution in [2.24, 2.45) is 0 Å². The number of aromatic nitrogens is 3. The van der Waals surface area contributed by atoms with Crippen molar-refractivity contribution in [2.75, 3.05) is 0 Å². The van der Waals surface area contributed by atoms with Crippen LogP contribution in [0.2, 0.25) is 0 Å². The molecule has 0 aliphatic heterocycles. The molecule has 4 heteroatoms. The third-order valence-corrected chi connectivity index (χ3v) is 1.56. The minimum Gasteiger partial charge on any atom is -0.222 e. The van der Waals surface area contributed by atoms with E-state index in [9.17, 15) is 0 Å². The SMILES string of the molecule is Cc1cc2nc(C#N)ccn2n1. The molecule has 0 spiro atoms. The standard InChI is InChI=1S/C8H6N4/c1-6-4-8-10-7(5-9)2-3-12(8)11-6/h2-4H,1H3. The predicted molar refractivity (Wildman–Crippen MR) is 42.4 cm³/mol. The van der Waals surface area contributed by atoms with Crippen LogP contribution in [0.25, 0.3) is 5.65 Å². The molecule has 4 nitrogen and oxygen atoms in total. The second-order valence-corrected chi connectivity index (χ2v) is 2.51. The minimum atomic E-state index is 0.419. The van der Waals surface area contributed by atoms with E-state index in [1.54, 1.807) is 16.8 Å². The zero-order valence-electron chi connectivity index (χ0n) is 6.52. The summed E-state index contributed by atoms with van der Waals surface area (Å²) in [4.78, 5) is 4.05. The molecule has 0 N–H and O–H groups in total. The molecule has 2 rings (SSSR count). The molecule has 2 aromatic heterocycles. The van der Waals surface area contributed by atoms with Crippen molar-refractivity contribution >= 4 is 5.65 Å². The number of nitrogens with zero attached hydrogens (tertiary/aromatic N) is 4. The van der Waals surface area contributed by atoms with Crippen molar-refractivity contribution in [1.29, 1.82) is 5.26 Å². The first-order chi connectivity index (χ1) is 5.79. The molecule has 0 aliphatic carbocycles. The molecule has 0 radical (unpaired) electrons. The van der Waals surface area contributed by atoms with E-state index in [0.717, 1.165) is 5.69 Å². The van der Waals surface area contributed by atoms with Gasteiger partial charge in [0.25, 0.3) is 0 Å². The second kappa shape index (κ2) is 2.31. The van der Waals surface area contributed by atoms with Crippen molar-refractivity contribution in [2.45, 2.75) is 6.92 Å². The molecular formula is C8H6N4.